The summed E-state index contributed by atoms with van der Waals surface area (Å²) in [6, 6.07) is 1.74. The van der Waals surface area contributed by atoms with Crippen molar-refractivity contribution in [3.63, 3.8) is 0 Å². The lowest BCUT2D eigenvalue weighted by atomic mass is 9.92. The van der Waals surface area contributed by atoms with Crippen LogP contribution in [0.25, 0.3) is 0 Å². The van der Waals surface area contributed by atoms with E-state index in [1.807, 2.05) is 20.8 Å². The zero-order valence-electron chi connectivity index (χ0n) is 9.66. The number of carbonyl (C=O) groups excluding carboxylic acids is 1. The maximum absolute atomic E-state index is 11.6. The maximum atomic E-state index is 11.6. The highest BCUT2D eigenvalue weighted by molar-refractivity contribution is 5.82. The van der Waals surface area contributed by atoms with Gasteiger partial charge >= 0.3 is 0 Å². The van der Waals surface area contributed by atoms with E-state index in [0.717, 1.165) is 5.69 Å². The number of carbonyl (C=O) groups is 1. The SMILES string of the molecule is CNCC(=O)n1nc(C(C)(C)C)cc1N. The Kier molecular flexibility index (Phi) is 3.14. The summed E-state index contributed by atoms with van der Waals surface area (Å²) in [5.74, 6) is 0.241. The average molecular weight is 210 g/mol. The highest BCUT2D eigenvalue weighted by Crippen LogP contribution is 2.22. The molecule has 0 aliphatic carbocycles. The Hall–Kier alpha value is -1.36. The molecule has 3 N–H and O–H groups in total. The van der Waals surface area contributed by atoms with Crippen molar-refractivity contribution >= 4 is 11.7 Å². The second-order valence-electron chi connectivity index (χ2n) is 4.54. The largest absolute Gasteiger partial charge is 0.383 e. The maximum Gasteiger partial charge on any atom is 0.262 e. The van der Waals surface area contributed by atoms with Crippen molar-refractivity contribution in [2.75, 3.05) is 19.3 Å². The summed E-state index contributed by atoms with van der Waals surface area (Å²) in [5, 5.41) is 6.98. The van der Waals surface area contributed by atoms with E-state index in [2.05, 4.69) is 10.4 Å². The third-order valence-corrected chi connectivity index (χ3v) is 2.07. The summed E-state index contributed by atoms with van der Waals surface area (Å²) >= 11 is 0. The van der Waals surface area contributed by atoms with Gasteiger partial charge in [-0.2, -0.15) is 9.78 Å². The van der Waals surface area contributed by atoms with Gasteiger partial charge < -0.3 is 11.1 Å². The van der Waals surface area contributed by atoms with E-state index in [9.17, 15) is 4.79 Å². The molecule has 0 radical (unpaired) electrons. The van der Waals surface area contributed by atoms with Gasteiger partial charge in [0.15, 0.2) is 0 Å². The van der Waals surface area contributed by atoms with Gasteiger partial charge in [-0.3, -0.25) is 4.79 Å². The Labute approximate surface area is 89.6 Å². The lowest BCUT2D eigenvalue weighted by Gasteiger charge is -2.13. The van der Waals surface area contributed by atoms with E-state index < -0.39 is 0 Å². The molecular formula is C10H18N4O. The van der Waals surface area contributed by atoms with Gasteiger partial charge in [-0.25, -0.2) is 0 Å². The first-order chi connectivity index (χ1) is 6.86. The molecule has 1 heterocycles. The summed E-state index contributed by atoms with van der Waals surface area (Å²) in [5.41, 5.74) is 6.45. The number of likely N-dealkylation sites (N-methyl/N-ethyl adjacent to an activating group) is 1. The molecule has 5 nitrogen and oxygen atoms in total. The summed E-state index contributed by atoms with van der Waals surface area (Å²) in [6.07, 6.45) is 0. The molecule has 0 unspecified atom stereocenters. The van der Waals surface area contributed by atoms with Crippen molar-refractivity contribution < 1.29 is 4.79 Å². The third-order valence-electron chi connectivity index (χ3n) is 2.07. The van der Waals surface area contributed by atoms with E-state index in [1.165, 1.54) is 4.68 Å². The predicted octanol–water partition coefficient (Wildman–Crippen LogP) is 0.622. The minimum absolute atomic E-state index is 0.0979. The Morgan fingerprint density at radius 3 is 2.60 bits per heavy atom. The Balaban J connectivity index is 3.02. The number of nitrogens with two attached hydrogens (primary N) is 1. The average Bonchev–Trinajstić information content (AvgIpc) is 2.47. The number of hydrogen-bond donors (Lipinski definition) is 2. The monoisotopic (exact) mass is 210 g/mol. The second-order valence-corrected chi connectivity index (χ2v) is 4.54. The molecule has 1 aromatic heterocycles. The Bertz CT molecular complexity index is 362. The normalized spacial score (nSPS) is 11.7. The third kappa shape index (κ3) is 2.56. The first-order valence-electron chi connectivity index (χ1n) is 4.90. The standard InChI is InChI=1S/C10H18N4O/c1-10(2,3)7-5-8(11)14(13-7)9(15)6-12-4/h5,12H,6,11H2,1-4H3. The van der Waals surface area contributed by atoms with Crippen LogP contribution in [0.5, 0.6) is 0 Å². The van der Waals surface area contributed by atoms with Crippen LogP contribution >= 0.6 is 0 Å². The molecule has 1 rings (SSSR count). The number of hydrogen-bond acceptors (Lipinski definition) is 4. The summed E-state index contributed by atoms with van der Waals surface area (Å²) in [7, 11) is 1.71. The van der Waals surface area contributed by atoms with E-state index in [-0.39, 0.29) is 17.9 Å². The van der Waals surface area contributed by atoms with Gasteiger partial charge in [0.05, 0.1) is 12.2 Å². The molecule has 0 aromatic carbocycles. The zero-order chi connectivity index (χ0) is 11.6. The van der Waals surface area contributed by atoms with Gasteiger partial charge in [0.2, 0.25) is 0 Å². The molecule has 15 heavy (non-hydrogen) atoms. The van der Waals surface area contributed by atoms with Crippen LogP contribution in [0.2, 0.25) is 0 Å². The molecule has 0 spiro atoms. The fourth-order valence-corrected chi connectivity index (χ4v) is 1.19. The number of nitrogen functional groups attached to an aromatic ring is 1. The molecular weight excluding hydrogens is 192 g/mol. The molecule has 0 amide bonds. The summed E-state index contributed by atoms with van der Waals surface area (Å²) in [6.45, 7) is 6.32. The van der Waals surface area contributed by atoms with Crippen molar-refractivity contribution in [2.24, 2.45) is 0 Å². The van der Waals surface area contributed by atoms with Crippen LogP contribution in [0.1, 0.15) is 31.3 Å². The quantitative estimate of drug-likeness (QED) is 0.750. The second kappa shape index (κ2) is 4.02. The molecule has 0 fully saturated rings. The van der Waals surface area contributed by atoms with Crippen LogP contribution < -0.4 is 11.1 Å². The lowest BCUT2D eigenvalue weighted by Crippen LogP contribution is -2.26. The molecule has 0 saturated heterocycles. The molecule has 0 aliphatic heterocycles. The van der Waals surface area contributed by atoms with E-state index >= 15 is 0 Å². The highest BCUT2D eigenvalue weighted by atomic mass is 16.2. The van der Waals surface area contributed by atoms with Gasteiger partial charge in [0.1, 0.15) is 5.82 Å². The van der Waals surface area contributed by atoms with E-state index in [1.54, 1.807) is 13.1 Å². The molecule has 0 saturated carbocycles. The molecule has 0 aliphatic rings. The molecule has 5 heteroatoms. The number of nitrogens with one attached hydrogen (secondary N) is 1. The van der Waals surface area contributed by atoms with Gasteiger partial charge in [-0.05, 0) is 7.05 Å². The molecule has 1 aromatic rings. The van der Waals surface area contributed by atoms with Gasteiger partial charge in [-0.15, -0.1) is 0 Å². The fourth-order valence-electron chi connectivity index (χ4n) is 1.19. The predicted molar refractivity (Wildman–Crippen MR) is 59.9 cm³/mol. The van der Waals surface area contributed by atoms with Crippen LogP contribution in [0.3, 0.4) is 0 Å². The lowest BCUT2D eigenvalue weighted by molar-refractivity contribution is 0.0901. The van der Waals surface area contributed by atoms with Gasteiger partial charge in [0, 0.05) is 11.5 Å². The fraction of sp³-hybridized carbons (Fsp3) is 0.600. The minimum Gasteiger partial charge on any atom is -0.383 e. The smallest absolute Gasteiger partial charge is 0.262 e. The number of aromatic nitrogens is 2. The van der Waals surface area contributed by atoms with Crippen molar-refractivity contribution in [1.82, 2.24) is 15.1 Å². The van der Waals surface area contributed by atoms with Crippen molar-refractivity contribution in [1.29, 1.82) is 0 Å². The number of nitrogens with zero attached hydrogens (tertiary/aromatic N) is 2. The highest BCUT2D eigenvalue weighted by Gasteiger charge is 2.20. The molecule has 0 bridgehead atoms. The van der Waals surface area contributed by atoms with Crippen LogP contribution in [-0.4, -0.2) is 29.3 Å². The Morgan fingerprint density at radius 2 is 2.20 bits per heavy atom. The Morgan fingerprint density at radius 1 is 1.60 bits per heavy atom. The molecule has 0 atom stereocenters. The minimum atomic E-state index is -0.148. The topological polar surface area (TPSA) is 72.9 Å². The zero-order valence-corrected chi connectivity index (χ0v) is 9.66. The van der Waals surface area contributed by atoms with Gasteiger partial charge in [0.25, 0.3) is 5.91 Å². The van der Waals surface area contributed by atoms with Crippen LogP contribution in [0.4, 0.5) is 5.82 Å². The van der Waals surface area contributed by atoms with Crippen molar-refractivity contribution in [2.45, 2.75) is 26.2 Å². The van der Waals surface area contributed by atoms with Crippen LogP contribution in [0, 0.1) is 0 Å². The van der Waals surface area contributed by atoms with E-state index in [0.29, 0.717) is 5.82 Å². The summed E-state index contributed by atoms with van der Waals surface area (Å²) in [4.78, 5) is 11.6. The summed E-state index contributed by atoms with van der Waals surface area (Å²) < 4.78 is 1.25. The number of rotatable bonds is 2. The van der Waals surface area contributed by atoms with Crippen molar-refractivity contribution in [3.05, 3.63) is 11.8 Å². The van der Waals surface area contributed by atoms with E-state index in [4.69, 9.17) is 5.73 Å². The van der Waals surface area contributed by atoms with Crippen LogP contribution in [0.15, 0.2) is 6.07 Å². The number of anilines is 1. The van der Waals surface area contributed by atoms with Crippen molar-refractivity contribution in [3.8, 4) is 0 Å². The first kappa shape index (κ1) is 11.7. The molecule has 84 valence electrons. The first-order valence-corrected chi connectivity index (χ1v) is 4.90. The van der Waals surface area contributed by atoms with Gasteiger partial charge in [-0.1, -0.05) is 20.8 Å². The van der Waals surface area contributed by atoms with Crippen LogP contribution in [-0.2, 0) is 5.41 Å².